The van der Waals surface area contributed by atoms with Gasteiger partial charge in [-0.3, -0.25) is 0 Å². The van der Waals surface area contributed by atoms with Gasteiger partial charge in [0.15, 0.2) is 11.6 Å². The number of hydrogen-bond acceptors (Lipinski definition) is 4. The number of ether oxygens (including phenoxy) is 1. The van der Waals surface area contributed by atoms with Crippen molar-refractivity contribution >= 4 is 17.8 Å². The fraction of sp³-hybridized carbons (Fsp3) is 0.0435. The van der Waals surface area contributed by atoms with Crippen LogP contribution < -0.4 is 4.74 Å². The van der Waals surface area contributed by atoms with Gasteiger partial charge in [0.05, 0.1) is 5.57 Å². The van der Waals surface area contributed by atoms with Gasteiger partial charge in [-0.25, -0.2) is 9.18 Å². The number of aryl methyl sites for hydroxylation is 1. The van der Waals surface area contributed by atoms with Crippen molar-refractivity contribution < 1.29 is 18.8 Å². The van der Waals surface area contributed by atoms with Crippen LogP contribution in [0.1, 0.15) is 16.7 Å². The zero-order valence-electron chi connectivity index (χ0n) is 15.1. The molecular weight excluding hydrogens is 357 g/mol. The molecule has 4 rings (SSSR count). The number of carbonyl (C=O) groups excluding carboxylic acids is 1. The number of carbonyl (C=O) groups is 1. The summed E-state index contributed by atoms with van der Waals surface area (Å²) in [5.41, 5.74) is 3.22. The molecule has 138 valence electrons. The molecule has 5 heteroatoms. The van der Waals surface area contributed by atoms with Crippen molar-refractivity contribution in [2.75, 3.05) is 0 Å². The van der Waals surface area contributed by atoms with E-state index in [1.165, 1.54) is 12.1 Å². The Hall–Kier alpha value is -3.73. The molecule has 3 aromatic rings. The van der Waals surface area contributed by atoms with Crippen LogP contribution in [0.15, 0.2) is 83.5 Å². The maximum absolute atomic E-state index is 14.2. The zero-order valence-corrected chi connectivity index (χ0v) is 15.1. The maximum Gasteiger partial charge on any atom is 0.368 e. The van der Waals surface area contributed by atoms with E-state index in [1.54, 1.807) is 36.4 Å². The fourth-order valence-electron chi connectivity index (χ4n) is 2.80. The Morgan fingerprint density at radius 3 is 2.50 bits per heavy atom. The number of para-hydroxylation sites is 1. The molecule has 28 heavy (non-hydrogen) atoms. The summed E-state index contributed by atoms with van der Waals surface area (Å²) in [4.78, 5) is 17.0. The standard InChI is InChI=1S/C23H16FNO3/c1-15-7-10-17(11-8-15)22-19(23(26)28-25-22)13-16-9-12-20(24)21(14-16)27-18-5-3-2-4-6-18/h2-14H,1H3. The van der Waals surface area contributed by atoms with Gasteiger partial charge in [0.25, 0.3) is 0 Å². The first kappa shape index (κ1) is 17.7. The molecule has 0 atom stereocenters. The Morgan fingerprint density at radius 1 is 1.00 bits per heavy atom. The van der Waals surface area contributed by atoms with Crippen molar-refractivity contribution in [1.82, 2.24) is 0 Å². The third kappa shape index (κ3) is 3.69. The second-order valence-electron chi connectivity index (χ2n) is 6.35. The summed E-state index contributed by atoms with van der Waals surface area (Å²) < 4.78 is 19.8. The summed E-state index contributed by atoms with van der Waals surface area (Å²) >= 11 is 0. The van der Waals surface area contributed by atoms with Crippen LogP contribution in [0.4, 0.5) is 4.39 Å². The van der Waals surface area contributed by atoms with Gasteiger partial charge in [0, 0.05) is 5.56 Å². The molecule has 1 heterocycles. The van der Waals surface area contributed by atoms with E-state index < -0.39 is 11.8 Å². The monoisotopic (exact) mass is 373 g/mol. The molecule has 0 radical (unpaired) electrons. The summed E-state index contributed by atoms with van der Waals surface area (Å²) in [5, 5.41) is 3.90. The van der Waals surface area contributed by atoms with Crippen LogP contribution in [0.5, 0.6) is 11.5 Å². The molecule has 0 unspecified atom stereocenters. The predicted octanol–water partition coefficient (Wildman–Crippen LogP) is 5.27. The third-order valence-corrected chi connectivity index (χ3v) is 4.26. The third-order valence-electron chi connectivity index (χ3n) is 4.26. The van der Waals surface area contributed by atoms with E-state index in [9.17, 15) is 9.18 Å². The number of nitrogens with zero attached hydrogens (tertiary/aromatic N) is 1. The Balaban J connectivity index is 1.67. The molecule has 1 aliphatic rings. The summed E-state index contributed by atoms with van der Waals surface area (Å²) in [7, 11) is 0. The first-order chi connectivity index (χ1) is 13.6. The minimum absolute atomic E-state index is 0.0701. The van der Waals surface area contributed by atoms with Crippen LogP contribution in [0.3, 0.4) is 0 Å². The van der Waals surface area contributed by atoms with Gasteiger partial charge in [0.1, 0.15) is 11.5 Å². The predicted molar refractivity (Wildman–Crippen MR) is 105 cm³/mol. The van der Waals surface area contributed by atoms with Gasteiger partial charge in [-0.15, -0.1) is 0 Å². The SMILES string of the molecule is Cc1ccc(C2=NOC(=O)C2=Cc2ccc(F)c(Oc3ccccc3)c2)cc1. The van der Waals surface area contributed by atoms with Crippen molar-refractivity contribution in [3.63, 3.8) is 0 Å². The summed E-state index contributed by atoms with van der Waals surface area (Å²) in [5.74, 6) is -0.452. The van der Waals surface area contributed by atoms with E-state index in [1.807, 2.05) is 37.3 Å². The quantitative estimate of drug-likeness (QED) is 0.462. The van der Waals surface area contributed by atoms with E-state index in [4.69, 9.17) is 9.57 Å². The molecule has 0 bridgehead atoms. The van der Waals surface area contributed by atoms with Gasteiger partial charge in [-0.1, -0.05) is 59.3 Å². The zero-order chi connectivity index (χ0) is 19.5. The van der Waals surface area contributed by atoms with Gasteiger partial charge >= 0.3 is 5.97 Å². The number of rotatable bonds is 4. The van der Waals surface area contributed by atoms with Crippen LogP contribution in [0.25, 0.3) is 6.08 Å². The largest absolute Gasteiger partial charge is 0.454 e. The average molecular weight is 373 g/mol. The smallest absolute Gasteiger partial charge is 0.368 e. The van der Waals surface area contributed by atoms with Crippen LogP contribution >= 0.6 is 0 Å². The van der Waals surface area contributed by atoms with Crippen molar-refractivity contribution in [1.29, 1.82) is 0 Å². The summed E-state index contributed by atoms with van der Waals surface area (Å²) in [6.07, 6.45) is 1.62. The topological polar surface area (TPSA) is 47.9 Å². The van der Waals surface area contributed by atoms with Crippen molar-refractivity contribution in [3.8, 4) is 11.5 Å². The van der Waals surface area contributed by atoms with Crippen molar-refractivity contribution in [2.24, 2.45) is 5.16 Å². The van der Waals surface area contributed by atoms with E-state index in [0.29, 0.717) is 22.6 Å². The molecule has 3 aromatic carbocycles. The van der Waals surface area contributed by atoms with Crippen LogP contribution in [0.2, 0.25) is 0 Å². The van der Waals surface area contributed by atoms with E-state index >= 15 is 0 Å². The molecule has 0 N–H and O–H groups in total. The van der Waals surface area contributed by atoms with Gasteiger partial charge in [0.2, 0.25) is 0 Å². The second kappa shape index (κ2) is 7.48. The van der Waals surface area contributed by atoms with Gasteiger partial charge in [-0.2, -0.15) is 0 Å². The Morgan fingerprint density at radius 2 is 1.75 bits per heavy atom. The lowest BCUT2D eigenvalue weighted by molar-refractivity contribution is -0.136. The molecule has 4 nitrogen and oxygen atoms in total. The molecule has 0 spiro atoms. The summed E-state index contributed by atoms with van der Waals surface area (Å²) in [6, 6.07) is 20.9. The van der Waals surface area contributed by atoms with Gasteiger partial charge in [-0.05, 0) is 42.8 Å². The average Bonchev–Trinajstić information content (AvgIpc) is 3.06. The van der Waals surface area contributed by atoms with E-state index in [2.05, 4.69) is 5.16 Å². The number of benzene rings is 3. The van der Waals surface area contributed by atoms with Crippen LogP contribution in [-0.2, 0) is 9.63 Å². The fourth-order valence-corrected chi connectivity index (χ4v) is 2.80. The molecule has 0 amide bonds. The lowest BCUT2D eigenvalue weighted by atomic mass is 10.00. The first-order valence-electron chi connectivity index (χ1n) is 8.71. The Bertz CT molecular complexity index is 1090. The van der Waals surface area contributed by atoms with Crippen molar-refractivity contribution in [2.45, 2.75) is 6.92 Å². The highest BCUT2D eigenvalue weighted by Gasteiger charge is 2.26. The minimum atomic E-state index is -0.551. The highest BCUT2D eigenvalue weighted by atomic mass is 19.1. The Labute approximate surface area is 161 Å². The highest BCUT2D eigenvalue weighted by Crippen LogP contribution is 2.27. The van der Waals surface area contributed by atoms with Crippen LogP contribution in [0, 0.1) is 12.7 Å². The molecule has 0 saturated carbocycles. The molecule has 0 fully saturated rings. The normalized spacial score (nSPS) is 14.7. The molecular formula is C23H16FNO3. The number of hydrogen-bond donors (Lipinski definition) is 0. The number of oxime groups is 1. The minimum Gasteiger partial charge on any atom is -0.454 e. The number of halogens is 1. The molecule has 0 saturated heterocycles. The Kier molecular flexibility index (Phi) is 4.72. The van der Waals surface area contributed by atoms with E-state index in [0.717, 1.165) is 11.1 Å². The maximum atomic E-state index is 14.2. The second-order valence-corrected chi connectivity index (χ2v) is 6.35. The summed E-state index contributed by atoms with van der Waals surface area (Å²) in [6.45, 7) is 1.98. The highest BCUT2D eigenvalue weighted by molar-refractivity contribution is 6.31. The van der Waals surface area contributed by atoms with Crippen molar-refractivity contribution in [3.05, 3.63) is 101 Å². The molecule has 0 aliphatic carbocycles. The first-order valence-corrected chi connectivity index (χ1v) is 8.71. The lowest BCUT2D eigenvalue weighted by Gasteiger charge is -2.08. The molecule has 1 aliphatic heterocycles. The van der Waals surface area contributed by atoms with Crippen LogP contribution in [-0.4, -0.2) is 11.7 Å². The van der Waals surface area contributed by atoms with Gasteiger partial charge < -0.3 is 9.57 Å². The molecule has 0 aromatic heterocycles. The lowest BCUT2D eigenvalue weighted by Crippen LogP contribution is -2.06. The van der Waals surface area contributed by atoms with E-state index in [-0.39, 0.29) is 5.75 Å².